The molecule has 0 unspecified atom stereocenters. The molecule has 4 aromatic rings. The SMILES string of the molecule is O=C(c1ccc(Oc2ccccc2)cc1)N1CCC(Oc2nc3c(F)cccc3s2)CC1. The van der Waals surface area contributed by atoms with Crippen LogP contribution in [-0.2, 0) is 0 Å². The van der Waals surface area contributed by atoms with Gasteiger partial charge in [0.1, 0.15) is 28.9 Å². The Labute approximate surface area is 189 Å². The van der Waals surface area contributed by atoms with E-state index in [1.54, 1.807) is 18.2 Å². The molecule has 1 saturated heterocycles. The van der Waals surface area contributed by atoms with Crippen molar-refractivity contribution < 1.29 is 18.7 Å². The Balaban J connectivity index is 1.16. The van der Waals surface area contributed by atoms with Gasteiger partial charge in [0.15, 0.2) is 0 Å². The molecule has 32 heavy (non-hydrogen) atoms. The Morgan fingerprint density at radius 2 is 1.66 bits per heavy atom. The molecule has 0 atom stereocenters. The summed E-state index contributed by atoms with van der Waals surface area (Å²) in [5.74, 6) is 1.10. The molecule has 0 spiro atoms. The zero-order valence-electron chi connectivity index (χ0n) is 17.2. The van der Waals surface area contributed by atoms with Crippen LogP contribution in [0.2, 0.25) is 0 Å². The number of carbonyl (C=O) groups is 1. The summed E-state index contributed by atoms with van der Waals surface area (Å²) in [4.78, 5) is 19.0. The van der Waals surface area contributed by atoms with Crippen LogP contribution in [0.5, 0.6) is 16.7 Å². The Morgan fingerprint density at radius 1 is 0.938 bits per heavy atom. The van der Waals surface area contributed by atoms with Gasteiger partial charge < -0.3 is 14.4 Å². The fraction of sp³-hybridized carbons (Fsp3) is 0.200. The minimum atomic E-state index is -0.339. The minimum absolute atomic E-state index is 0.00299. The number of fused-ring (bicyclic) bond motifs is 1. The zero-order chi connectivity index (χ0) is 21.9. The molecule has 7 heteroatoms. The summed E-state index contributed by atoms with van der Waals surface area (Å²) < 4.78 is 26.4. The van der Waals surface area contributed by atoms with Gasteiger partial charge in [-0.3, -0.25) is 4.79 Å². The summed E-state index contributed by atoms with van der Waals surface area (Å²) in [5, 5.41) is 0.476. The maximum absolute atomic E-state index is 13.9. The molecule has 2 heterocycles. The number of nitrogens with zero attached hydrogens (tertiary/aromatic N) is 2. The summed E-state index contributed by atoms with van der Waals surface area (Å²) in [5.41, 5.74) is 0.978. The van der Waals surface area contributed by atoms with Crippen molar-refractivity contribution >= 4 is 27.5 Å². The van der Waals surface area contributed by atoms with Gasteiger partial charge >= 0.3 is 0 Å². The number of thiazole rings is 1. The van der Waals surface area contributed by atoms with Gasteiger partial charge in [-0.1, -0.05) is 35.6 Å². The summed E-state index contributed by atoms with van der Waals surface area (Å²) in [6.07, 6.45) is 1.38. The molecule has 0 N–H and O–H groups in total. The molecule has 0 aliphatic carbocycles. The fourth-order valence-electron chi connectivity index (χ4n) is 3.74. The highest BCUT2D eigenvalue weighted by Gasteiger charge is 2.25. The van der Waals surface area contributed by atoms with E-state index in [0.717, 1.165) is 10.4 Å². The molecule has 0 saturated carbocycles. The molecular weight excluding hydrogens is 427 g/mol. The fourth-order valence-corrected chi connectivity index (χ4v) is 4.63. The standard InChI is InChI=1S/C25H21FN2O3S/c26-21-7-4-8-22-23(21)27-25(32-22)31-20-13-15-28(16-14-20)24(29)17-9-11-19(12-10-17)30-18-5-2-1-3-6-18/h1-12,20H,13-16H2. The molecule has 1 aliphatic rings. The van der Waals surface area contributed by atoms with Gasteiger partial charge in [0.05, 0.1) is 4.70 Å². The quantitative estimate of drug-likeness (QED) is 0.381. The molecule has 1 aliphatic heterocycles. The van der Waals surface area contributed by atoms with Crippen LogP contribution in [0.3, 0.4) is 0 Å². The number of piperidine rings is 1. The second kappa shape index (κ2) is 8.96. The number of benzene rings is 3. The van der Waals surface area contributed by atoms with E-state index in [1.165, 1.54) is 17.4 Å². The second-order valence-corrected chi connectivity index (χ2v) is 8.61. The van der Waals surface area contributed by atoms with Gasteiger partial charge in [0.25, 0.3) is 11.1 Å². The van der Waals surface area contributed by atoms with E-state index in [4.69, 9.17) is 9.47 Å². The number of aromatic nitrogens is 1. The van der Waals surface area contributed by atoms with Crippen molar-refractivity contribution in [3.8, 4) is 16.7 Å². The summed E-state index contributed by atoms with van der Waals surface area (Å²) in [7, 11) is 0. The number of carbonyl (C=O) groups excluding carboxylic acids is 1. The monoisotopic (exact) mass is 448 g/mol. The first kappa shape index (κ1) is 20.5. The predicted molar refractivity (Wildman–Crippen MR) is 122 cm³/mol. The van der Waals surface area contributed by atoms with Crippen LogP contribution in [0, 0.1) is 5.82 Å². The molecule has 1 amide bonds. The van der Waals surface area contributed by atoms with E-state index < -0.39 is 0 Å². The number of hydrogen-bond acceptors (Lipinski definition) is 5. The third-order valence-corrected chi connectivity index (χ3v) is 6.34. The molecule has 162 valence electrons. The number of ether oxygens (including phenoxy) is 2. The minimum Gasteiger partial charge on any atom is -0.467 e. The van der Waals surface area contributed by atoms with Crippen molar-refractivity contribution in [3.63, 3.8) is 0 Å². The molecule has 3 aromatic carbocycles. The van der Waals surface area contributed by atoms with Crippen molar-refractivity contribution in [2.75, 3.05) is 13.1 Å². The lowest BCUT2D eigenvalue weighted by atomic mass is 10.1. The van der Waals surface area contributed by atoms with Crippen molar-refractivity contribution in [2.45, 2.75) is 18.9 Å². The lowest BCUT2D eigenvalue weighted by Crippen LogP contribution is -2.41. The van der Waals surface area contributed by atoms with Crippen LogP contribution < -0.4 is 9.47 Å². The number of hydrogen-bond donors (Lipinski definition) is 0. The second-order valence-electron chi connectivity index (χ2n) is 7.62. The molecular formula is C25H21FN2O3S. The van der Waals surface area contributed by atoms with Gasteiger partial charge in [0.2, 0.25) is 0 Å². The molecule has 1 aromatic heterocycles. The predicted octanol–water partition coefficient (Wildman–Crippen LogP) is 5.91. The third kappa shape index (κ3) is 4.43. The normalized spacial score (nSPS) is 14.5. The van der Waals surface area contributed by atoms with Crippen LogP contribution in [0.4, 0.5) is 4.39 Å². The highest BCUT2D eigenvalue weighted by molar-refractivity contribution is 7.20. The lowest BCUT2D eigenvalue weighted by molar-refractivity contribution is 0.0595. The van der Waals surface area contributed by atoms with Gasteiger partial charge in [-0.25, -0.2) is 4.39 Å². The smallest absolute Gasteiger partial charge is 0.274 e. The Morgan fingerprint density at radius 3 is 2.38 bits per heavy atom. The van der Waals surface area contributed by atoms with Crippen molar-refractivity contribution in [2.24, 2.45) is 0 Å². The highest BCUT2D eigenvalue weighted by Crippen LogP contribution is 2.31. The van der Waals surface area contributed by atoms with Crippen LogP contribution in [0.15, 0.2) is 72.8 Å². The Kier molecular flexibility index (Phi) is 5.73. The number of amides is 1. The van der Waals surface area contributed by atoms with Gasteiger partial charge in [-0.05, 0) is 48.5 Å². The summed E-state index contributed by atoms with van der Waals surface area (Å²) in [6, 6.07) is 21.6. The van der Waals surface area contributed by atoms with Crippen molar-refractivity contribution in [3.05, 3.63) is 84.2 Å². The molecule has 1 fully saturated rings. The average molecular weight is 449 g/mol. The lowest BCUT2D eigenvalue weighted by Gasteiger charge is -2.31. The van der Waals surface area contributed by atoms with Gasteiger partial charge in [-0.2, -0.15) is 4.98 Å². The van der Waals surface area contributed by atoms with Crippen LogP contribution in [-0.4, -0.2) is 35.0 Å². The number of para-hydroxylation sites is 2. The van der Waals surface area contributed by atoms with E-state index in [0.29, 0.717) is 48.0 Å². The van der Waals surface area contributed by atoms with Crippen molar-refractivity contribution in [1.29, 1.82) is 0 Å². The van der Waals surface area contributed by atoms with Crippen LogP contribution >= 0.6 is 11.3 Å². The van der Waals surface area contributed by atoms with E-state index in [2.05, 4.69) is 4.98 Å². The number of likely N-dealkylation sites (tertiary alicyclic amines) is 1. The van der Waals surface area contributed by atoms with Crippen LogP contribution in [0.25, 0.3) is 10.2 Å². The van der Waals surface area contributed by atoms with Crippen molar-refractivity contribution in [1.82, 2.24) is 9.88 Å². The Bertz CT molecular complexity index is 1220. The summed E-state index contributed by atoms with van der Waals surface area (Å²) in [6.45, 7) is 1.20. The van der Waals surface area contributed by atoms with Gasteiger partial charge in [-0.15, -0.1) is 0 Å². The topological polar surface area (TPSA) is 51.7 Å². The largest absolute Gasteiger partial charge is 0.467 e. The zero-order valence-corrected chi connectivity index (χ0v) is 18.1. The highest BCUT2D eigenvalue weighted by atomic mass is 32.1. The first-order valence-electron chi connectivity index (χ1n) is 10.5. The molecule has 5 nitrogen and oxygen atoms in total. The third-order valence-electron chi connectivity index (χ3n) is 5.43. The molecule has 0 bridgehead atoms. The van der Waals surface area contributed by atoms with E-state index in [1.807, 2.05) is 53.4 Å². The maximum Gasteiger partial charge on any atom is 0.274 e. The average Bonchev–Trinajstić information content (AvgIpc) is 3.24. The van der Waals surface area contributed by atoms with Gasteiger partial charge in [0, 0.05) is 31.5 Å². The Hall–Kier alpha value is -3.45. The number of halogens is 1. The summed E-state index contributed by atoms with van der Waals surface area (Å²) >= 11 is 1.35. The maximum atomic E-state index is 13.9. The van der Waals surface area contributed by atoms with E-state index in [9.17, 15) is 9.18 Å². The first-order valence-corrected chi connectivity index (χ1v) is 11.3. The number of rotatable bonds is 5. The molecule has 0 radical (unpaired) electrons. The van der Waals surface area contributed by atoms with E-state index in [-0.39, 0.29) is 17.8 Å². The molecule has 5 rings (SSSR count). The first-order chi connectivity index (χ1) is 15.7. The van der Waals surface area contributed by atoms with Crippen LogP contribution in [0.1, 0.15) is 23.2 Å². The van der Waals surface area contributed by atoms with E-state index >= 15 is 0 Å².